The summed E-state index contributed by atoms with van der Waals surface area (Å²) in [6.07, 6.45) is 1.11. The average Bonchev–Trinajstić information content (AvgIpc) is 3.11. The Morgan fingerprint density at radius 1 is 1.17 bits per heavy atom. The molecule has 4 rings (SSSR count). The van der Waals surface area contributed by atoms with Crippen molar-refractivity contribution in [2.45, 2.75) is 32.4 Å². The van der Waals surface area contributed by atoms with Crippen molar-refractivity contribution in [3.8, 4) is 0 Å². The lowest BCUT2D eigenvalue weighted by molar-refractivity contribution is 0.0125. The number of ether oxygens (including phenoxy) is 2. The highest BCUT2D eigenvalue weighted by Crippen LogP contribution is 2.31. The van der Waals surface area contributed by atoms with Crippen LogP contribution in [0.5, 0.6) is 0 Å². The number of hydrogen-bond donors (Lipinski definition) is 1. The van der Waals surface area contributed by atoms with Gasteiger partial charge < -0.3 is 19.3 Å². The highest BCUT2D eigenvalue weighted by atomic mass is 16.6. The molecule has 9 nitrogen and oxygen atoms in total. The van der Waals surface area contributed by atoms with E-state index in [0.717, 1.165) is 5.56 Å². The van der Waals surface area contributed by atoms with Crippen molar-refractivity contribution in [2.24, 2.45) is 0 Å². The minimum atomic E-state index is -0.297. The number of hydrazine groups is 1. The summed E-state index contributed by atoms with van der Waals surface area (Å²) >= 11 is 0. The van der Waals surface area contributed by atoms with Crippen LogP contribution in [0.2, 0.25) is 0 Å². The van der Waals surface area contributed by atoms with Crippen molar-refractivity contribution in [3.63, 3.8) is 0 Å². The van der Waals surface area contributed by atoms with Crippen LogP contribution >= 0.6 is 0 Å². The normalized spacial score (nSPS) is 20.2. The molecule has 3 heterocycles. The number of carbonyl (C=O) groups excluding carboxylic acids is 3. The first-order valence-electron chi connectivity index (χ1n) is 10.6. The number of nitrogens with zero attached hydrogens (tertiary/aromatic N) is 3. The minimum Gasteiger partial charge on any atom is -0.450 e. The van der Waals surface area contributed by atoms with Gasteiger partial charge in [-0.3, -0.25) is 15.0 Å². The van der Waals surface area contributed by atoms with Crippen LogP contribution in [0.1, 0.15) is 46.0 Å². The lowest BCUT2D eigenvalue weighted by Gasteiger charge is -2.36. The second-order valence-electron chi connectivity index (χ2n) is 7.73. The molecule has 0 aliphatic carbocycles. The maximum atomic E-state index is 13.2. The van der Waals surface area contributed by atoms with Crippen LogP contribution < -0.4 is 5.43 Å². The molecular weight excluding hydrogens is 388 g/mol. The summed E-state index contributed by atoms with van der Waals surface area (Å²) in [6.45, 7) is 6.17. The fourth-order valence-electron chi connectivity index (χ4n) is 4.32. The van der Waals surface area contributed by atoms with Crippen LogP contribution in [0.3, 0.4) is 0 Å². The van der Waals surface area contributed by atoms with Crippen LogP contribution in [0, 0.1) is 0 Å². The lowest BCUT2D eigenvalue weighted by Crippen LogP contribution is -2.49. The van der Waals surface area contributed by atoms with Crippen molar-refractivity contribution >= 4 is 17.9 Å². The molecule has 0 unspecified atom stereocenters. The Morgan fingerprint density at radius 2 is 1.90 bits per heavy atom. The van der Waals surface area contributed by atoms with E-state index < -0.39 is 0 Å². The first kappa shape index (κ1) is 20.6. The van der Waals surface area contributed by atoms with Gasteiger partial charge >= 0.3 is 6.09 Å². The number of benzene rings is 1. The number of piperidine rings is 1. The molecule has 0 bridgehead atoms. The van der Waals surface area contributed by atoms with Crippen molar-refractivity contribution in [1.82, 2.24) is 20.2 Å². The van der Waals surface area contributed by atoms with Gasteiger partial charge in [0, 0.05) is 38.8 Å². The summed E-state index contributed by atoms with van der Waals surface area (Å²) in [5, 5.41) is 1.83. The van der Waals surface area contributed by atoms with E-state index in [1.807, 2.05) is 22.0 Å². The van der Waals surface area contributed by atoms with Gasteiger partial charge in [-0.25, -0.2) is 9.80 Å². The van der Waals surface area contributed by atoms with Gasteiger partial charge in [0.05, 0.1) is 30.9 Å². The van der Waals surface area contributed by atoms with Crippen LogP contribution in [0.25, 0.3) is 0 Å². The molecule has 1 N–H and O–H groups in total. The number of carbonyl (C=O) groups is 3. The van der Waals surface area contributed by atoms with Crippen molar-refractivity contribution in [3.05, 3.63) is 34.9 Å². The molecule has 3 amide bonds. The number of fused-ring (bicyclic) bond motifs is 1. The fourth-order valence-corrected chi connectivity index (χ4v) is 4.32. The van der Waals surface area contributed by atoms with Gasteiger partial charge in [-0.05, 0) is 31.4 Å². The smallest absolute Gasteiger partial charge is 0.409 e. The van der Waals surface area contributed by atoms with Crippen LogP contribution in [0.4, 0.5) is 4.79 Å². The Bertz CT molecular complexity index is 816. The van der Waals surface area contributed by atoms with Gasteiger partial charge in [-0.1, -0.05) is 12.1 Å². The number of hydrogen-bond acceptors (Lipinski definition) is 6. The maximum absolute atomic E-state index is 13.2. The summed E-state index contributed by atoms with van der Waals surface area (Å²) in [5.41, 5.74) is 4.68. The lowest BCUT2D eigenvalue weighted by atomic mass is 10.0. The SMILES string of the molecule is CCOC(=O)N1CCC(N2Cc3cccc(C(=O)NN4CCOCC4)c3C2=O)CC1. The molecular formula is C21H28N4O5. The first-order chi connectivity index (χ1) is 14.6. The zero-order valence-electron chi connectivity index (χ0n) is 17.3. The van der Waals surface area contributed by atoms with Gasteiger partial charge in [0.1, 0.15) is 0 Å². The third-order valence-corrected chi connectivity index (χ3v) is 5.91. The Labute approximate surface area is 175 Å². The standard InChI is InChI=1S/C21H28N4O5/c1-2-30-21(28)23-8-6-16(7-9-23)25-14-15-4-3-5-17(18(15)20(25)27)19(26)22-24-10-12-29-13-11-24/h3-5,16H,2,6-14H2,1H3,(H,22,26). The summed E-state index contributed by atoms with van der Waals surface area (Å²) in [5.74, 6) is -0.367. The van der Waals surface area contributed by atoms with Gasteiger partial charge in [0.25, 0.3) is 11.8 Å². The van der Waals surface area contributed by atoms with Crippen LogP contribution in [-0.4, -0.2) is 84.8 Å². The summed E-state index contributed by atoms with van der Waals surface area (Å²) in [6, 6.07) is 5.49. The monoisotopic (exact) mass is 416 g/mol. The Hall–Kier alpha value is -2.65. The predicted molar refractivity (Wildman–Crippen MR) is 108 cm³/mol. The molecule has 9 heteroatoms. The van der Waals surface area contributed by atoms with Crippen molar-refractivity contribution in [2.75, 3.05) is 46.0 Å². The van der Waals surface area contributed by atoms with Gasteiger partial charge in [-0.15, -0.1) is 0 Å². The highest BCUT2D eigenvalue weighted by molar-refractivity contribution is 6.09. The summed E-state index contributed by atoms with van der Waals surface area (Å²) in [7, 11) is 0. The molecule has 2 saturated heterocycles. The molecule has 1 aromatic rings. The quantitative estimate of drug-likeness (QED) is 0.794. The molecule has 0 aromatic heterocycles. The number of nitrogens with one attached hydrogen (secondary N) is 1. The van der Waals surface area contributed by atoms with E-state index in [1.54, 1.807) is 17.9 Å². The van der Waals surface area contributed by atoms with Gasteiger partial charge in [-0.2, -0.15) is 0 Å². The molecule has 0 spiro atoms. The number of morpholine rings is 1. The fraction of sp³-hybridized carbons (Fsp3) is 0.571. The van der Waals surface area contributed by atoms with E-state index in [2.05, 4.69) is 5.43 Å². The molecule has 3 aliphatic heterocycles. The van der Waals surface area contributed by atoms with Crippen molar-refractivity contribution < 1.29 is 23.9 Å². The molecule has 0 atom stereocenters. The second-order valence-corrected chi connectivity index (χ2v) is 7.73. The van der Waals surface area contributed by atoms with E-state index in [0.29, 0.717) is 76.5 Å². The minimum absolute atomic E-state index is 0.0470. The zero-order chi connectivity index (χ0) is 21.1. The largest absolute Gasteiger partial charge is 0.450 e. The molecule has 30 heavy (non-hydrogen) atoms. The van der Waals surface area contributed by atoms with Crippen LogP contribution in [-0.2, 0) is 16.0 Å². The molecule has 2 fully saturated rings. The molecule has 0 radical (unpaired) electrons. The van der Waals surface area contributed by atoms with Crippen LogP contribution in [0.15, 0.2) is 18.2 Å². The highest BCUT2D eigenvalue weighted by Gasteiger charge is 2.37. The summed E-state index contributed by atoms with van der Waals surface area (Å²) in [4.78, 5) is 41.6. The predicted octanol–water partition coefficient (Wildman–Crippen LogP) is 1.24. The Kier molecular flexibility index (Phi) is 6.19. The van der Waals surface area contributed by atoms with E-state index in [-0.39, 0.29) is 23.9 Å². The average molecular weight is 416 g/mol. The molecule has 162 valence electrons. The van der Waals surface area contributed by atoms with E-state index in [9.17, 15) is 14.4 Å². The number of likely N-dealkylation sites (tertiary alicyclic amines) is 1. The Morgan fingerprint density at radius 3 is 2.60 bits per heavy atom. The first-order valence-corrected chi connectivity index (χ1v) is 10.6. The molecule has 1 aromatic carbocycles. The van der Waals surface area contributed by atoms with E-state index in [1.165, 1.54) is 0 Å². The Balaban J connectivity index is 1.43. The zero-order valence-corrected chi connectivity index (χ0v) is 17.3. The summed E-state index contributed by atoms with van der Waals surface area (Å²) < 4.78 is 10.4. The topological polar surface area (TPSA) is 91.4 Å². The van der Waals surface area contributed by atoms with Crippen molar-refractivity contribution in [1.29, 1.82) is 0 Å². The molecule has 0 saturated carbocycles. The third kappa shape index (κ3) is 4.13. The second kappa shape index (κ2) is 9.01. The number of amides is 3. The maximum Gasteiger partial charge on any atom is 0.409 e. The van der Waals surface area contributed by atoms with Gasteiger partial charge in [0.15, 0.2) is 0 Å². The number of rotatable bonds is 4. The molecule has 3 aliphatic rings. The third-order valence-electron chi connectivity index (χ3n) is 5.91. The van der Waals surface area contributed by atoms with E-state index >= 15 is 0 Å². The van der Waals surface area contributed by atoms with Gasteiger partial charge in [0.2, 0.25) is 0 Å². The van der Waals surface area contributed by atoms with E-state index in [4.69, 9.17) is 9.47 Å².